The molecule has 0 aromatic heterocycles. The van der Waals surface area contributed by atoms with E-state index in [4.69, 9.17) is 0 Å². The van der Waals surface area contributed by atoms with Crippen molar-refractivity contribution in [2.75, 3.05) is 27.2 Å². The summed E-state index contributed by atoms with van der Waals surface area (Å²) >= 11 is 0. The van der Waals surface area contributed by atoms with Crippen LogP contribution in [0.1, 0.15) is 32.4 Å². The van der Waals surface area contributed by atoms with Gasteiger partial charge in [-0.15, -0.1) is 0 Å². The summed E-state index contributed by atoms with van der Waals surface area (Å²) in [6, 6.07) is 4.71. The van der Waals surface area contributed by atoms with E-state index in [0.717, 1.165) is 13.1 Å². The number of likely N-dealkylation sites (N-methyl/N-ethyl adjacent to an activating group) is 2. The molecular weight excluding hydrogens is 243 g/mol. The third kappa shape index (κ3) is 4.18. The Balaban J connectivity index is 2.91. The van der Waals surface area contributed by atoms with Gasteiger partial charge in [0.25, 0.3) is 0 Å². The summed E-state index contributed by atoms with van der Waals surface area (Å²) in [5, 5.41) is 9.28. The van der Waals surface area contributed by atoms with E-state index < -0.39 is 0 Å². The first-order valence-electron chi connectivity index (χ1n) is 6.75. The molecular formula is C15H25FN2O. The lowest BCUT2D eigenvalue weighted by molar-refractivity contribution is 0.134. The highest BCUT2D eigenvalue weighted by Crippen LogP contribution is 2.27. The first-order valence-corrected chi connectivity index (χ1v) is 6.75. The van der Waals surface area contributed by atoms with Crippen LogP contribution in [0, 0.1) is 5.82 Å². The standard InChI is InChI=1S/C15H25FN2O/c1-6-18(11(2)10-17(4)5)12(3)14-8-7-13(19)9-15(14)16/h7-9,11-12,19H,6,10H2,1-5H3. The van der Waals surface area contributed by atoms with Crippen LogP contribution in [0.25, 0.3) is 0 Å². The first-order chi connectivity index (χ1) is 8.86. The van der Waals surface area contributed by atoms with E-state index >= 15 is 0 Å². The van der Waals surface area contributed by atoms with Crippen LogP contribution in [0.2, 0.25) is 0 Å². The van der Waals surface area contributed by atoms with Crippen LogP contribution in [0.15, 0.2) is 18.2 Å². The minimum absolute atomic E-state index is 0.0134. The van der Waals surface area contributed by atoms with E-state index in [1.54, 1.807) is 12.1 Å². The topological polar surface area (TPSA) is 26.7 Å². The van der Waals surface area contributed by atoms with Gasteiger partial charge in [-0.05, 0) is 40.6 Å². The lowest BCUT2D eigenvalue weighted by atomic mass is 10.0. The molecule has 0 aliphatic rings. The lowest BCUT2D eigenvalue weighted by Crippen LogP contribution is -2.41. The fourth-order valence-electron chi connectivity index (χ4n) is 2.63. The van der Waals surface area contributed by atoms with E-state index in [0.29, 0.717) is 11.6 Å². The highest BCUT2D eigenvalue weighted by Gasteiger charge is 2.22. The zero-order chi connectivity index (χ0) is 14.6. The summed E-state index contributed by atoms with van der Waals surface area (Å²) < 4.78 is 13.9. The maximum atomic E-state index is 13.9. The van der Waals surface area contributed by atoms with E-state index in [2.05, 4.69) is 23.6 Å². The molecule has 0 saturated carbocycles. The average molecular weight is 268 g/mol. The van der Waals surface area contributed by atoms with E-state index in [9.17, 15) is 9.50 Å². The van der Waals surface area contributed by atoms with Crippen LogP contribution in [0.5, 0.6) is 5.75 Å². The molecule has 0 fully saturated rings. The van der Waals surface area contributed by atoms with Crippen LogP contribution in [-0.2, 0) is 0 Å². The molecule has 0 aliphatic heterocycles. The first kappa shape index (κ1) is 15.9. The van der Waals surface area contributed by atoms with Crippen LogP contribution < -0.4 is 0 Å². The molecule has 0 amide bonds. The molecule has 1 rings (SSSR count). The molecule has 19 heavy (non-hydrogen) atoms. The number of nitrogens with zero attached hydrogens (tertiary/aromatic N) is 2. The molecule has 0 radical (unpaired) electrons. The fourth-order valence-corrected chi connectivity index (χ4v) is 2.63. The number of aromatic hydroxyl groups is 1. The fraction of sp³-hybridized carbons (Fsp3) is 0.600. The molecule has 0 aliphatic carbocycles. The van der Waals surface area contributed by atoms with Crippen molar-refractivity contribution in [3.05, 3.63) is 29.6 Å². The number of rotatable bonds is 6. The third-order valence-electron chi connectivity index (χ3n) is 3.49. The summed E-state index contributed by atoms with van der Waals surface area (Å²) in [7, 11) is 4.08. The molecule has 4 heteroatoms. The summed E-state index contributed by atoms with van der Waals surface area (Å²) in [5.74, 6) is -0.374. The van der Waals surface area contributed by atoms with Gasteiger partial charge in [-0.1, -0.05) is 13.0 Å². The number of phenols is 1. The van der Waals surface area contributed by atoms with Crippen molar-refractivity contribution in [1.82, 2.24) is 9.80 Å². The van der Waals surface area contributed by atoms with Crippen molar-refractivity contribution in [2.24, 2.45) is 0 Å². The van der Waals surface area contributed by atoms with Crippen LogP contribution >= 0.6 is 0 Å². The molecule has 1 N–H and O–H groups in total. The maximum Gasteiger partial charge on any atom is 0.131 e. The Morgan fingerprint density at radius 3 is 2.37 bits per heavy atom. The molecule has 2 unspecified atom stereocenters. The zero-order valence-corrected chi connectivity index (χ0v) is 12.5. The van der Waals surface area contributed by atoms with Crippen molar-refractivity contribution in [1.29, 1.82) is 0 Å². The highest BCUT2D eigenvalue weighted by atomic mass is 19.1. The molecule has 1 aromatic carbocycles. The van der Waals surface area contributed by atoms with Crippen molar-refractivity contribution >= 4 is 0 Å². The Labute approximate surface area is 115 Å². The molecule has 3 nitrogen and oxygen atoms in total. The number of hydrogen-bond donors (Lipinski definition) is 1. The smallest absolute Gasteiger partial charge is 0.131 e. The minimum Gasteiger partial charge on any atom is -0.508 e. The summed E-state index contributed by atoms with van der Waals surface area (Å²) in [5.41, 5.74) is 0.630. The second-order valence-electron chi connectivity index (χ2n) is 5.32. The van der Waals surface area contributed by atoms with E-state index in [1.807, 2.05) is 21.0 Å². The number of phenolic OH excluding ortho intramolecular Hbond substituents is 1. The van der Waals surface area contributed by atoms with Crippen molar-refractivity contribution < 1.29 is 9.50 Å². The largest absolute Gasteiger partial charge is 0.508 e. The highest BCUT2D eigenvalue weighted by molar-refractivity contribution is 5.29. The Bertz CT molecular complexity index is 409. The van der Waals surface area contributed by atoms with Gasteiger partial charge in [0.1, 0.15) is 11.6 Å². The van der Waals surface area contributed by atoms with Gasteiger partial charge in [-0.2, -0.15) is 0 Å². The summed E-state index contributed by atoms with van der Waals surface area (Å²) in [6.45, 7) is 8.03. The van der Waals surface area contributed by atoms with Crippen LogP contribution in [-0.4, -0.2) is 48.1 Å². The predicted octanol–water partition coefficient (Wildman–Crippen LogP) is 2.86. The Hall–Kier alpha value is -1.13. The maximum absolute atomic E-state index is 13.9. The normalized spacial score (nSPS) is 14.9. The van der Waals surface area contributed by atoms with Gasteiger partial charge >= 0.3 is 0 Å². The molecule has 0 saturated heterocycles. The summed E-state index contributed by atoms with van der Waals surface area (Å²) in [4.78, 5) is 4.39. The summed E-state index contributed by atoms with van der Waals surface area (Å²) in [6.07, 6.45) is 0. The van der Waals surface area contributed by atoms with Crippen LogP contribution in [0.3, 0.4) is 0 Å². The Morgan fingerprint density at radius 2 is 1.89 bits per heavy atom. The quantitative estimate of drug-likeness (QED) is 0.859. The Kier molecular flexibility index (Phi) is 5.76. The van der Waals surface area contributed by atoms with E-state index in [1.165, 1.54) is 6.07 Å². The lowest BCUT2D eigenvalue weighted by Gasteiger charge is -2.35. The van der Waals surface area contributed by atoms with Gasteiger partial charge in [0.15, 0.2) is 0 Å². The van der Waals surface area contributed by atoms with Gasteiger partial charge in [-0.3, -0.25) is 4.90 Å². The average Bonchev–Trinajstić information content (AvgIpc) is 2.28. The van der Waals surface area contributed by atoms with Crippen molar-refractivity contribution in [3.8, 4) is 5.75 Å². The number of halogens is 1. The van der Waals surface area contributed by atoms with Gasteiger partial charge < -0.3 is 10.0 Å². The third-order valence-corrected chi connectivity index (χ3v) is 3.49. The Morgan fingerprint density at radius 1 is 1.26 bits per heavy atom. The van der Waals surface area contributed by atoms with Gasteiger partial charge in [0.05, 0.1) is 0 Å². The SMILES string of the molecule is CCN(C(C)CN(C)C)C(C)c1ccc(O)cc1F. The number of benzene rings is 1. The van der Waals surface area contributed by atoms with Gasteiger partial charge in [-0.25, -0.2) is 4.39 Å². The van der Waals surface area contributed by atoms with Crippen molar-refractivity contribution in [2.45, 2.75) is 32.9 Å². The molecule has 1 aromatic rings. The van der Waals surface area contributed by atoms with Crippen LogP contribution in [0.4, 0.5) is 4.39 Å². The molecule has 0 spiro atoms. The molecule has 2 atom stereocenters. The number of hydrogen-bond acceptors (Lipinski definition) is 3. The van der Waals surface area contributed by atoms with Crippen molar-refractivity contribution in [3.63, 3.8) is 0 Å². The molecule has 108 valence electrons. The van der Waals surface area contributed by atoms with Gasteiger partial charge in [0.2, 0.25) is 0 Å². The van der Waals surface area contributed by atoms with Gasteiger partial charge in [0, 0.05) is 30.3 Å². The van der Waals surface area contributed by atoms with E-state index in [-0.39, 0.29) is 17.6 Å². The molecule has 0 heterocycles. The monoisotopic (exact) mass is 268 g/mol. The zero-order valence-electron chi connectivity index (χ0n) is 12.5. The second-order valence-corrected chi connectivity index (χ2v) is 5.32. The molecule has 0 bridgehead atoms. The predicted molar refractivity (Wildman–Crippen MR) is 76.9 cm³/mol. The second kappa shape index (κ2) is 6.87. The minimum atomic E-state index is -0.344.